The zero-order chi connectivity index (χ0) is 10.8. The van der Waals surface area contributed by atoms with Gasteiger partial charge in [0.05, 0.1) is 6.16 Å². The molecule has 3 N–H and O–H groups in total. The minimum atomic E-state index is -4.03. The van der Waals surface area contributed by atoms with Crippen LogP contribution in [0.25, 0.3) is 0 Å². The Balaban J connectivity index is 2.75. The average Bonchev–Trinajstić information content (AvgIpc) is 2.06. The van der Waals surface area contributed by atoms with Crippen molar-refractivity contribution < 1.29 is 19.6 Å². The molecule has 0 amide bonds. The van der Waals surface area contributed by atoms with Crippen LogP contribution in [-0.4, -0.2) is 25.9 Å². The number of aryl methyl sites for hydroxylation is 1. The Kier molecular flexibility index (Phi) is 3.10. The second kappa shape index (κ2) is 3.96. The van der Waals surface area contributed by atoms with E-state index in [2.05, 4.69) is 0 Å². The predicted octanol–water partition coefficient (Wildman–Crippen LogP) is -0.194. The largest absolute Gasteiger partial charge is 0.425 e. The van der Waals surface area contributed by atoms with Crippen LogP contribution in [0.4, 0.5) is 0 Å². The molecule has 0 unspecified atom stereocenters. The average molecular weight is 219 g/mol. The summed E-state index contributed by atoms with van der Waals surface area (Å²) in [6, 6.07) is 2.56. The summed E-state index contributed by atoms with van der Waals surface area (Å²) in [7, 11) is -4.03. The smallest absolute Gasteiger partial charge is 0.325 e. The topological polar surface area (TPSA) is 99.8 Å². The minimum absolute atomic E-state index is 0.111. The molecular formula is C7H10NO5P. The molecule has 0 aliphatic heterocycles. The Morgan fingerprint density at radius 2 is 2.07 bits per heavy atom. The normalized spacial score (nSPS) is 11.6. The highest BCUT2D eigenvalue weighted by Gasteiger charge is 2.12. The van der Waals surface area contributed by atoms with Gasteiger partial charge in [-0.05, 0) is 18.1 Å². The van der Waals surface area contributed by atoms with E-state index < -0.39 is 13.2 Å². The molecule has 0 saturated heterocycles. The summed E-state index contributed by atoms with van der Waals surface area (Å²) in [5.41, 5.74) is -0.128. The third-order valence-electron chi connectivity index (χ3n) is 1.66. The minimum Gasteiger partial charge on any atom is -0.425 e. The fourth-order valence-corrected chi connectivity index (χ4v) is 1.49. The van der Waals surface area contributed by atoms with Gasteiger partial charge in [-0.1, -0.05) is 0 Å². The van der Waals surface area contributed by atoms with Crippen LogP contribution in [-0.2, 0) is 11.0 Å². The van der Waals surface area contributed by atoms with E-state index in [4.69, 9.17) is 15.0 Å². The quantitative estimate of drug-likeness (QED) is 0.483. The number of aromatic nitrogens is 1. The Hall–Kier alpha value is -1.10. The molecule has 1 heterocycles. The summed E-state index contributed by atoms with van der Waals surface area (Å²) in [5.74, 6) is 0. The first-order chi connectivity index (χ1) is 6.38. The zero-order valence-electron chi connectivity index (χ0n) is 7.20. The standard InChI is InChI=1S/C7H10NO5P/c9-7-5-6(1-3-8(7)10)2-4-14(11,12)13/h1,3,5,10H,2,4H2,(H2,11,12,13). The molecule has 1 aromatic rings. The third kappa shape index (κ3) is 3.33. The van der Waals surface area contributed by atoms with Crippen molar-refractivity contribution in [1.82, 2.24) is 4.73 Å². The van der Waals surface area contributed by atoms with E-state index in [0.717, 1.165) is 12.3 Å². The fourth-order valence-electron chi connectivity index (χ4n) is 0.943. The molecule has 6 nitrogen and oxygen atoms in total. The zero-order valence-corrected chi connectivity index (χ0v) is 8.09. The lowest BCUT2D eigenvalue weighted by atomic mass is 10.2. The molecule has 0 saturated carbocycles. The highest BCUT2D eigenvalue weighted by molar-refractivity contribution is 7.51. The maximum atomic E-state index is 10.9. The van der Waals surface area contributed by atoms with Crippen LogP contribution in [0, 0.1) is 0 Å². The molecule has 1 rings (SSSR count). The second-order valence-electron chi connectivity index (χ2n) is 2.86. The van der Waals surface area contributed by atoms with Crippen LogP contribution in [0.15, 0.2) is 23.1 Å². The Morgan fingerprint density at radius 1 is 1.43 bits per heavy atom. The first kappa shape index (κ1) is 11.0. The molecule has 1 aromatic heterocycles. The van der Waals surface area contributed by atoms with E-state index in [1.165, 1.54) is 6.07 Å². The Morgan fingerprint density at radius 3 is 2.57 bits per heavy atom. The summed E-state index contributed by atoms with van der Waals surface area (Å²) in [6.07, 6.45) is 0.944. The van der Waals surface area contributed by atoms with Crippen LogP contribution in [0.1, 0.15) is 5.56 Å². The van der Waals surface area contributed by atoms with E-state index in [-0.39, 0.29) is 12.6 Å². The molecule has 0 atom stereocenters. The van der Waals surface area contributed by atoms with Crippen molar-refractivity contribution >= 4 is 7.60 Å². The molecule has 0 bridgehead atoms. The molecule has 0 spiro atoms. The summed E-state index contributed by atoms with van der Waals surface area (Å²) in [5, 5.41) is 8.82. The number of hydrogen-bond donors (Lipinski definition) is 3. The number of nitrogens with zero attached hydrogens (tertiary/aromatic N) is 1. The Labute approximate surface area is 79.6 Å². The first-order valence-corrected chi connectivity index (χ1v) is 5.64. The van der Waals surface area contributed by atoms with Crippen molar-refractivity contribution in [2.45, 2.75) is 6.42 Å². The van der Waals surface area contributed by atoms with Crippen molar-refractivity contribution in [3.8, 4) is 0 Å². The highest BCUT2D eigenvalue weighted by Crippen LogP contribution is 2.34. The van der Waals surface area contributed by atoms with Gasteiger partial charge in [0.2, 0.25) is 0 Å². The molecule has 0 radical (unpaired) electrons. The van der Waals surface area contributed by atoms with E-state index >= 15 is 0 Å². The maximum Gasteiger partial charge on any atom is 0.325 e. The number of rotatable bonds is 3. The van der Waals surface area contributed by atoms with Gasteiger partial charge in [-0.3, -0.25) is 9.36 Å². The van der Waals surface area contributed by atoms with E-state index in [0.29, 0.717) is 10.3 Å². The summed E-state index contributed by atoms with van der Waals surface area (Å²) in [4.78, 5) is 28.0. The van der Waals surface area contributed by atoms with Crippen molar-refractivity contribution in [2.24, 2.45) is 0 Å². The van der Waals surface area contributed by atoms with Crippen molar-refractivity contribution in [3.63, 3.8) is 0 Å². The predicted molar refractivity (Wildman–Crippen MR) is 48.5 cm³/mol. The van der Waals surface area contributed by atoms with Gasteiger partial charge in [-0.2, -0.15) is 4.73 Å². The van der Waals surface area contributed by atoms with Gasteiger partial charge in [0.1, 0.15) is 0 Å². The first-order valence-electron chi connectivity index (χ1n) is 3.84. The van der Waals surface area contributed by atoms with Gasteiger partial charge < -0.3 is 15.0 Å². The summed E-state index contributed by atoms with van der Waals surface area (Å²) < 4.78 is 10.9. The molecule has 0 aliphatic rings. The molecule has 0 fully saturated rings. The van der Waals surface area contributed by atoms with E-state index in [9.17, 15) is 9.36 Å². The van der Waals surface area contributed by atoms with Gasteiger partial charge in [0.25, 0.3) is 5.56 Å². The Bertz CT molecular complexity index is 420. The maximum absolute atomic E-state index is 10.9. The van der Waals surface area contributed by atoms with E-state index in [1.54, 1.807) is 0 Å². The molecule has 7 heteroatoms. The molecular weight excluding hydrogens is 209 g/mol. The van der Waals surface area contributed by atoms with Gasteiger partial charge >= 0.3 is 7.60 Å². The van der Waals surface area contributed by atoms with Crippen LogP contribution in [0.5, 0.6) is 0 Å². The summed E-state index contributed by atoms with van der Waals surface area (Å²) >= 11 is 0. The summed E-state index contributed by atoms with van der Waals surface area (Å²) in [6.45, 7) is 0. The van der Waals surface area contributed by atoms with Gasteiger partial charge in [-0.15, -0.1) is 0 Å². The molecule has 78 valence electrons. The monoisotopic (exact) mass is 219 g/mol. The second-order valence-corrected chi connectivity index (χ2v) is 4.63. The van der Waals surface area contributed by atoms with Crippen molar-refractivity contribution in [1.29, 1.82) is 0 Å². The van der Waals surface area contributed by atoms with Crippen molar-refractivity contribution in [3.05, 3.63) is 34.2 Å². The third-order valence-corrected chi connectivity index (χ3v) is 2.46. The van der Waals surface area contributed by atoms with Crippen LogP contribution in [0.3, 0.4) is 0 Å². The van der Waals surface area contributed by atoms with Crippen LogP contribution in [0.2, 0.25) is 0 Å². The van der Waals surface area contributed by atoms with Crippen molar-refractivity contribution in [2.75, 3.05) is 6.16 Å². The fraction of sp³-hybridized carbons (Fsp3) is 0.286. The number of pyridine rings is 1. The highest BCUT2D eigenvalue weighted by atomic mass is 31.2. The van der Waals surface area contributed by atoms with Crippen LogP contribution >= 0.6 is 7.60 Å². The molecule has 0 aromatic carbocycles. The lowest BCUT2D eigenvalue weighted by Gasteiger charge is -2.03. The van der Waals surface area contributed by atoms with Gasteiger partial charge in [-0.25, -0.2) is 0 Å². The SMILES string of the molecule is O=c1cc(CCP(=O)(O)O)ccn1O. The molecule has 14 heavy (non-hydrogen) atoms. The van der Waals surface area contributed by atoms with Gasteiger partial charge in [0, 0.05) is 12.3 Å². The molecule has 0 aliphatic carbocycles. The van der Waals surface area contributed by atoms with Gasteiger partial charge in [0.15, 0.2) is 0 Å². The number of hydrogen-bond acceptors (Lipinski definition) is 3. The lowest BCUT2D eigenvalue weighted by molar-refractivity contribution is 0.174. The van der Waals surface area contributed by atoms with E-state index in [1.807, 2.05) is 0 Å². The van der Waals surface area contributed by atoms with Crippen LogP contribution < -0.4 is 5.56 Å². The lowest BCUT2D eigenvalue weighted by Crippen LogP contribution is -2.16.